The molecule has 1 amide bonds. The lowest BCUT2D eigenvalue weighted by Crippen LogP contribution is -2.16. The second kappa shape index (κ2) is 13.1. The Morgan fingerprint density at radius 1 is 1.12 bits per heavy atom. The van der Waals surface area contributed by atoms with Gasteiger partial charge in [0.05, 0.1) is 56.4 Å². The van der Waals surface area contributed by atoms with E-state index >= 15 is 0 Å². The van der Waals surface area contributed by atoms with Gasteiger partial charge < -0.3 is 24.3 Å². The summed E-state index contributed by atoms with van der Waals surface area (Å²) in [6.45, 7) is 7.20. The van der Waals surface area contributed by atoms with Gasteiger partial charge in [-0.1, -0.05) is 0 Å². The van der Waals surface area contributed by atoms with Crippen molar-refractivity contribution in [1.82, 2.24) is 19.7 Å². The molecule has 11 nitrogen and oxygen atoms in total. The van der Waals surface area contributed by atoms with Crippen LogP contribution in [0.3, 0.4) is 0 Å². The molecule has 0 aliphatic heterocycles. The molecule has 4 rings (SSSR count). The molecule has 0 saturated heterocycles. The number of halogens is 3. The number of nitrogens with one attached hydrogen (secondary N) is 1. The first-order valence-electron chi connectivity index (χ1n) is 12.7. The Morgan fingerprint density at radius 3 is 2.47 bits per heavy atom. The monoisotopic (exact) mass is 596 g/mol. The third-order valence-corrected chi connectivity index (χ3v) is 5.95. The highest BCUT2D eigenvalue weighted by Crippen LogP contribution is 2.39. The fourth-order valence-corrected chi connectivity index (χ4v) is 3.99. The normalized spacial score (nSPS) is 11.6. The average molecular weight is 597 g/mol. The molecule has 0 saturated carbocycles. The summed E-state index contributed by atoms with van der Waals surface area (Å²) < 4.78 is 63.8. The minimum Gasteiger partial charge on any atom is -0.493 e. The highest BCUT2D eigenvalue weighted by atomic mass is 19.4. The van der Waals surface area contributed by atoms with E-state index in [0.717, 1.165) is 23.1 Å². The average Bonchev–Trinajstić information content (AvgIpc) is 3.43. The number of pyridine rings is 2. The van der Waals surface area contributed by atoms with Crippen LogP contribution in [0.1, 0.15) is 35.5 Å². The van der Waals surface area contributed by atoms with Gasteiger partial charge in [0.2, 0.25) is 0 Å². The SMILES string of the molecule is C=Nc1cc(OC)c(OC)cc1/C(=C\C)Oc1ccc(NC(=O)c2nn(-c3cnccc3C(F)(F)F)cc2OCC)nc1. The molecule has 224 valence electrons. The minimum atomic E-state index is -4.66. The zero-order chi connectivity index (χ0) is 31.1. The Bertz CT molecular complexity index is 1650. The van der Waals surface area contributed by atoms with Crippen LogP contribution < -0.4 is 24.3 Å². The highest BCUT2D eigenvalue weighted by molar-refractivity contribution is 6.04. The van der Waals surface area contributed by atoms with E-state index in [1.54, 1.807) is 38.1 Å². The van der Waals surface area contributed by atoms with Crippen LogP contribution in [0.4, 0.5) is 24.7 Å². The molecular formula is C29H27F3N6O5. The van der Waals surface area contributed by atoms with Crippen molar-refractivity contribution in [3.63, 3.8) is 0 Å². The van der Waals surface area contributed by atoms with Gasteiger partial charge in [-0.05, 0) is 50.9 Å². The Morgan fingerprint density at radius 2 is 1.86 bits per heavy atom. The summed E-state index contributed by atoms with van der Waals surface area (Å²) >= 11 is 0. The molecule has 43 heavy (non-hydrogen) atoms. The van der Waals surface area contributed by atoms with E-state index in [0.29, 0.717) is 34.3 Å². The summed E-state index contributed by atoms with van der Waals surface area (Å²) in [5.41, 5.74) is -0.481. The van der Waals surface area contributed by atoms with Crippen molar-refractivity contribution in [3.8, 4) is 28.7 Å². The molecule has 4 aromatic rings. The van der Waals surface area contributed by atoms with Crippen LogP contribution in [-0.2, 0) is 6.18 Å². The summed E-state index contributed by atoms with van der Waals surface area (Å²) in [6.07, 6.45) is 1.66. The minimum absolute atomic E-state index is 0.0174. The van der Waals surface area contributed by atoms with E-state index in [9.17, 15) is 18.0 Å². The molecule has 1 aromatic carbocycles. The number of rotatable bonds is 11. The van der Waals surface area contributed by atoms with Gasteiger partial charge in [-0.3, -0.25) is 14.8 Å². The maximum absolute atomic E-state index is 13.5. The molecule has 0 fully saturated rings. The van der Waals surface area contributed by atoms with Gasteiger partial charge in [0.15, 0.2) is 22.9 Å². The van der Waals surface area contributed by atoms with E-state index in [4.69, 9.17) is 18.9 Å². The predicted octanol–water partition coefficient (Wildman–Crippen LogP) is 6.12. The van der Waals surface area contributed by atoms with Crippen LogP contribution in [0, 0.1) is 0 Å². The molecule has 0 unspecified atom stereocenters. The van der Waals surface area contributed by atoms with Gasteiger partial charge in [0, 0.05) is 17.8 Å². The topological polar surface area (TPSA) is 122 Å². The largest absolute Gasteiger partial charge is 0.493 e. The van der Waals surface area contributed by atoms with Crippen LogP contribution in [0.15, 0.2) is 66.2 Å². The number of anilines is 1. The van der Waals surface area contributed by atoms with Crippen LogP contribution in [-0.4, -0.2) is 53.2 Å². The molecular weight excluding hydrogens is 569 g/mol. The number of carbonyl (C=O) groups is 1. The van der Waals surface area contributed by atoms with Crippen molar-refractivity contribution in [2.75, 3.05) is 26.1 Å². The number of amides is 1. The van der Waals surface area contributed by atoms with Gasteiger partial charge in [0.25, 0.3) is 5.91 Å². The molecule has 14 heteroatoms. The quantitative estimate of drug-likeness (QED) is 0.162. The Kier molecular flexibility index (Phi) is 9.28. The van der Waals surface area contributed by atoms with Crippen LogP contribution in [0.2, 0.25) is 0 Å². The third kappa shape index (κ3) is 6.74. The van der Waals surface area contributed by atoms with Crippen LogP contribution in [0.25, 0.3) is 11.4 Å². The maximum atomic E-state index is 13.5. The van der Waals surface area contributed by atoms with Crippen molar-refractivity contribution >= 4 is 29.9 Å². The molecule has 1 N–H and O–H groups in total. The standard InChI is InChI=1S/C29H27F3N6O5/c1-6-22(18-12-23(40-4)24(41-5)13-20(18)33-3)43-17-8-9-26(35-14-17)36-28(39)27-25(42-7-2)16-38(37-27)21-15-34-11-10-19(21)29(30,31)32/h6,8-16H,3,7H2,1-2,4-5H3,(H,35,36,39)/b22-6+. The Hall–Kier alpha value is -5.40. The first-order valence-corrected chi connectivity index (χ1v) is 12.7. The fraction of sp³-hybridized carbons (Fsp3) is 0.207. The zero-order valence-electron chi connectivity index (χ0n) is 23.6. The van der Waals surface area contributed by atoms with Gasteiger partial charge in [-0.25, -0.2) is 9.67 Å². The highest BCUT2D eigenvalue weighted by Gasteiger charge is 2.35. The molecule has 0 bridgehead atoms. The van der Waals surface area contributed by atoms with E-state index in [2.05, 4.69) is 32.1 Å². The molecule has 0 aliphatic carbocycles. The van der Waals surface area contributed by atoms with E-state index in [1.807, 2.05) is 0 Å². The number of alkyl halides is 3. The lowest BCUT2D eigenvalue weighted by Gasteiger charge is -2.15. The lowest BCUT2D eigenvalue weighted by molar-refractivity contribution is -0.137. The number of methoxy groups -OCH3 is 2. The fourth-order valence-electron chi connectivity index (χ4n) is 3.99. The van der Waals surface area contributed by atoms with Gasteiger partial charge in [-0.2, -0.15) is 18.3 Å². The van der Waals surface area contributed by atoms with E-state index in [-0.39, 0.29) is 29.6 Å². The Balaban J connectivity index is 1.55. The van der Waals surface area contributed by atoms with Crippen molar-refractivity contribution < 1.29 is 36.9 Å². The smallest absolute Gasteiger partial charge is 0.418 e. The first-order chi connectivity index (χ1) is 20.6. The number of nitrogens with zero attached hydrogens (tertiary/aromatic N) is 5. The van der Waals surface area contributed by atoms with Crippen molar-refractivity contribution in [1.29, 1.82) is 0 Å². The lowest BCUT2D eigenvalue weighted by atomic mass is 10.1. The second-order valence-corrected chi connectivity index (χ2v) is 8.58. The number of allylic oxidation sites excluding steroid dienone is 1. The van der Waals surface area contributed by atoms with Gasteiger partial charge >= 0.3 is 6.18 Å². The van der Waals surface area contributed by atoms with Crippen LogP contribution >= 0.6 is 0 Å². The van der Waals surface area contributed by atoms with Gasteiger partial charge in [-0.15, -0.1) is 0 Å². The molecule has 0 aliphatic rings. The summed E-state index contributed by atoms with van der Waals surface area (Å²) in [5, 5.41) is 6.63. The number of aromatic nitrogens is 4. The molecule has 3 aromatic heterocycles. The molecule has 0 atom stereocenters. The van der Waals surface area contributed by atoms with Gasteiger partial charge in [0.1, 0.15) is 17.3 Å². The zero-order valence-corrected chi connectivity index (χ0v) is 23.6. The summed E-state index contributed by atoms with van der Waals surface area (Å²) in [7, 11) is 3.02. The number of hydrogen-bond acceptors (Lipinski definition) is 9. The van der Waals surface area contributed by atoms with E-state index in [1.165, 1.54) is 32.7 Å². The summed E-state index contributed by atoms with van der Waals surface area (Å²) in [6, 6.07) is 7.26. The van der Waals surface area contributed by atoms with Crippen molar-refractivity contribution in [3.05, 3.63) is 78.0 Å². The first kappa shape index (κ1) is 30.6. The number of carbonyl (C=O) groups excluding carboxylic acids is 1. The summed E-state index contributed by atoms with van der Waals surface area (Å²) in [4.78, 5) is 25.1. The van der Waals surface area contributed by atoms with Crippen LogP contribution in [0.5, 0.6) is 23.0 Å². The van der Waals surface area contributed by atoms with Crippen molar-refractivity contribution in [2.24, 2.45) is 4.99 Å². The Labute approximate surface area is 244 Å². The number of hydrogen-bond donors (Lipinski definition) is 1. The maximum Gasteiger partial charge on any atom is 0.418 e. The number of ether oxygens (including phenoxy) is 4. The molecule has 0 spiro atoms. The second-order valence-electron chi connectivity index (χ2n) is 8.58. The number of benzene rings is 1. The van der Waals surface area contributed by atoms with E-state index < -0.39 is 17.6 Å². The number of aliphatic imine (C=N–C) groups is 1. The van der Waals surface area contributed by atoms with Crippen molar-refractivity contribution in [2.45, 2.75) is 20.0 Å². The third-order valence-electron chi connectivity index (χ3n) is 5.95. The molecule has 3 heterocycles. The summed E-state index contributed by atoms with van der Waals surface area (Å²) in [5.74, 6) is 1.08. The predicted molar refractivity (Wildman–Crippen MR) is 153 cm³/mol. The molecule has 0 radical (unpaired) electrons.